The predicted molar refractivity (Wildman–Crippen MR) is 104 cm³/mol. The number of non-ortho nitro benzene ring substituents is 1. The van der Waals surface area contributed by atoms with Crippen molar-refractivity contribution in [1.29, 1.82) is 0 Å². The molecule has 3 amide bonds. The molecule has 3 aromatic rings. The van der Waals surface area contributed by atoms with Crippen molar-refractivity contribution < 1.29 is 23.7 Å². The quantitative estimate of drug-likeness (QED) is 0.382. The number of furan rings is 1. The second-order valence-electron chi connectivity index (χ2n) is 6.65. The van der Waals surface area contributed by atoms with Crippen LogP contribution in [0.4, 0.5) is 5.69 Å². The monoisotopic (exact) mass is 405 g/mol. The highest BCUT2D eigenvalue weighted by Gasteiger charge is 2.36. The molecule has 0 saturated carbocycles. The summed E-state index contributed by atoms with van der Waals surface area (Å²) < 4.78 is 5.17. The fraction of sp³-hybridized carbons (Fsp3) is 0.0952. The summed E-state index contributed by atoms with van der Waals surface area (Å²) in [5, 5.41) is 13.7. The Labute approximate surface area is 170 Å². The second-order valence-corrected chi connectivity index (χ2v) is 6.65. The van der Waals surface area contributed by atoms with Crippen molar-refractivity contribution in [3.05, 3.63) is 99.0 Å². The Morgan fingerprint density at radius 2 is 1.83 bits per heavy atom. The molecule has 0 radical (unpaired) electrons. The maximum absolute atomic E-state index is 12.6. The van der Waals surface area contributed by atoms with Gasteiger partial charge in [0, 0.05) is 17.7 Å². The van der Waals surface area contributed by atoms with Crippen LogP contribution in [0.5, 0.6) is 0 Å². The molecular weight excluding hydrogens is 390 g/mol. The molecule has 0 spiro atoms. The van der Waals surface area contributed by atoms with Gasteiger partial charge in [0.15, 0.2) is 0 Å². The molecular formula is C21H15N3O6. The number of hydrogen-bond acceptors (Lipinski definition) is 6. The number of imide groups is 1. The van der Waals surface area contributed by atoms with E-state index in [-0.39, 0.29) is 35.8 Å². The summed E-state index contributed by atoms with van der Waals surface area (Å²) in [5.41, 5.74) is 0.808. The average Bonchev–Trinajstić information content (AvgIpc) is 3.35. The zero-order valence-electron chi connectivity index (χ0n) is 15.5. The van der Waals surface area contributed by atoms with Gasteiger partial charge >= 0.3 is 0 Å². The number of carbonyl (C=O) groups is 3. The number of carbonyl (C=O) groups excluding carboxylic acids is 3. The van der Waals surface area contributed by atoms with Gasteiger partial charge < -0.3 is 9.73 Å². The molecule has 9 heteroatoms. The molecule has 1 N–H and O–H groups in total. The maximum Gasteiger partial charge on any atom is 0.270 e. The van der Waals surface area contributed by atoms with Gasteiger partial charge in [0.2, 0.25) is 0 Å². The van der Waals surface area contributed by atoms with Crippen LogP contribution in [0.2, 0.25) is 0 Å². The van der Waals surface area contributed by atoms with E-state index in [1.54, 1.807) is 36.4 Å². The van der Waals surface area contributed by atoms with Crippen LogP contribution in [0.25, 0.3) is 0 Å². The number of amides is 3. The lowest BCUT2D eigenvalue weighted by Crippen LogP contribution is -2.29. The zero-order chi connectivity index (χ0) is 21.3. The first-order valence-electron chi connectivity index (χ1n) is 8.98. The molecule has 30 heavy (non-hydrogen) atoms. The molecule has 9 nitrogen and oxygen atoms in total. The highest BCUT2D eigenvalue weighted by atomic mass is 16.6. The standard InChI is InChI=1S/C21H15N3O6/c25-19(22-11-16-5-2-8-30-16)14-4-1-3-13(9-14)12-23-20(26)17-7-6-15(24(28)29)10-18(17)21(23)27/h1-10H,11-12H2,(H,22,25). The molecule has 0 saturated heterocycles. The number of nitro benzene ring substituents is 1. The summed E-state index contributed by atoms with van der Waals surface area (Å²) in [7, 11) is 0. The van der Waals surface area contributed by atoms with Gasteiger partial charge in [-0.05, 0) is 35.9 Å². The lowest BCUT2D eigenvalue weighted by atomic mass is 10.1. The van der Waals surface area contributed by atoms with E-state index < -0.39 is 16.7 Å². The first-order chi connectivity index (χ1) is 14.4. The minimum Gasteiger partial charge on any atom is -0.467 e. The van der Waals surface area contributed by atoms with Gasteiger partial charge in [-0.1, -0.05) is 12.1 Å². The number of hydrogen-bond donors (Lipinski definition) is 1. The van der Waals surface area contributed by atoms with E-state index in [4.69, 9.17) is 4.42 Å². The zero-order valence-corrected chi connectivity index (χ0v) is 15.5. The molecule has 2 aromatic carbocycles. The fourth-order valence-electron chi connectivity index (χ4n) is 3.21. The minimum atomic E-state index is -0.620. The minimum absolute atomic E-state index is 0.00143. The lowest BCUT2D eigenvalue weighted by molar-refractivity contribution is -0.384. The van der Waals surface area contributed by atoms with Crippen molar-refractivity contribution in [2.75, 3.05) is 0 Å². The highest BCUT2D eigenvalue weighted by Crippen LogP contribution is 2.28. The Hall–Kier alpha value is -4.27. The third kappa shape index (κ3) is 3.55. The molecule has 0 atom stereocenters. The van der Waals surface area contributed by atoms with E-state index in [2.05, 4.69) is 5.32 Å². The number of nitrogens with zero attached hydrogens (tertiary/aromatic N) is 2. The lowest BCUT2D eigenvalue weighted by Gasteiger charge is -2.14. The van der Waals surface area contributed by atoms with Crippen LogP contribution in [0.3, 0.4) is 0 Å². The normalized spacial score (nSPS) is 12.7. The molecule has 4 rings (SSSR count). The predicted octanol–water partition coefficient (Wildman–Crippen LogP) is 2.91. The van der Waals surface area contributed by atoms with Crippen molar-refractivity contribution in [3.63, 3.8) is 0 Å². The molecule has 1 aromatic heterocycles. The Morgan fingerprint density at radius 1 is 1.03 bits per heavy atom. The molecule has 0 unspecified atom stereocenters. The Bertz CT molecular complexity index is 1170. The van der Waals surface area contributed by atoms with Gasteiger partial charge in [0.25, 0.3) is 23.4 Å². The molecule has 2 heterocycles. The van der Waals surface area contributed by atoms with Gasteiger partial charge in [0.1, 0.15) is 5.76 Å². The van der Waals surface area contributed by atoms with Crippen molar-refractivity contribution in [1.82, 2.24) is 10.2 Å². The van der Waals surface area contributed by atoms with E-state index in [1.165, 1.54) is 18.4 Å². The number of rotatable bonds is 6. The van der Waals surface area contributed by atoms with Crippen LogP contribution in [0, 0.1) is 10.1 Å². The summed E-state index contributed by atoms with van der Waals surface area (Å²) in [4.78, 5) is 48.9. The van der Waals surface area contributed by atoms with Crippen LogP contribution < -0.4 is 5.32 Å². The summed E-state index contributed by atoms with van der Waals surface area (Å²) in [6.07, 6.45) is 1.51. The topological polar surface area (TPSA) is 123 Å². The summed E-state index contributed by atoms with van der Waals surface area (Å²) >= 11 is 0. The van der Waals surface area contributed by atoms with Crippen LogP contribution in [-0.2, 0) is 13.1 Å². The van der Waals surface area contributed by atoms with Gasteiger partial charge in [-0.3, -0.25) is 29.4 Å². The summed E-state index contributed by atoms with van der Waals surface area (Å²) in [6, 6.07) is 13.6. The van der Waals surface area contributed by atoms with Gasteiger partial charge in [-0.2, -0.15) is 0 Å². The van der Waals surface area contributed by atoms with Crippen LogP contribution in [0.15, 0.2) is 65.3 Å². The van der Waals surface area contributed by atoms with Crippen LogP contribution in [0.1, 0.15) is 42.4 Å². The fourth-order valence-corrected chi connectivity index (χ4v) is 3.21. The molecule has 150 valence electrons. The number of benzene rings is 2. The van der Waals surface area contributed by atoms with E-state index in [9.17, 15) is 24.5 Å². The van der Waals surface area contributed by atoms with Gasteiger partial charge in [-0.15, -0.1) is 0 Å². The number of nitrogens with one attached hydrogen (secondary N) is 1. The van der Waals surface area contributed by atoms with Crippen molar-refractivity contribution in [3.8, 4) is 0 Å². The van der Waals surface area contributed by atoms with Gasteiger partial charge in [-0.25, -0.2) is 0 Å². The van der Waals surface area contributed by atoms with Gasteiger partial charge in [0.05, 0.1) is 35.4 Å². The first kappa shape index (κ1) is 19.1. The van der Waals surface area contributed by atoms with E-state index in [0.717, 1.165) is 11.0 Å². The third-order valence-corrected chi connectivity index (χ3v) is 4.70. The third-order valence-electron chi connectivity index (χ3n) is 4.70. The summed E-state index contributed by atoms with van der Waals surface area (Å²) in [6.45, 7) is 0.173. The highest BCUT2D eigenvalue weighted by molar-refractivity contribution is 6.21. The smallest absolute Gasteiger partial charge is 0.270 e. The molecule has 0 bridgehead atoms. The van der Waals surface area contributed by atoms with Crippen molar-refractivity contribution in [2.24, 2.45) is 0 Å². The van der Waals surface area contributed by atoms with E-state index in [0.29, 0.717) is 16.9 Å². The largest absolute Gasteiger partial charge is 0.467 e. The molecule has 1 aliphatic heterocycles. The maximum atomic E-state index is 12.6. The first-order valence-corrected chi connectivity index (χ1v) is 8.98. The van der Waals surface area contributed by atoms with Crippen LogP contribution in [-0.4, -0.2) is 27.5 Å². The Kier molecular flexibility index (Phi) is 4.85. The molecule has 0 aliphatic carbocycles. The summed E-state index contributed by atoms with van der Waals surface area (Å²) in [5.74, 6) is -0.852. The Morgan fingerprint density at radius 3 is 2.57 bits per heavy atom. The molecule has 0 fully saturated rings. The number of fused-ring (bicyclic) bond motifs is 1. The van der Waals surface area contributed by atoms with Crippen LogP contribution >= 0.6 is 0 Å². The van der Waals surface area contributed by atoms with Crippen molar-refractivity contribution >= 4 is 23.4 Å². The van der Waals surface area contributed by atoms with E-state index in [1.807, 2.05) is 0 Å². The second kappa shape index (κ2) is 7.63. The molecule has 1 aliphatic rings. The Balaban J connectivity index is 1.50. The van der Waals surface area contributed by atoms with E-state index >= 15 is 0 Å². The van der Waals surface area contributed by atoms with Crippen molar-refractivity contribution in [2.45, 2.75) is 13.1 Å². The average molecular weight is 405 g/mol. The number of nitro groups is 1. The SMILES string of the molecule is O=C(NCc1ccco1)c1cccc(CN2C(=O)c3ccc([N+](=O)[O-])cc3C2=O)c1.